The highest BCUT2D eigenvalue weighted by Crippen LogP contribution is 2.37. The van der Waals surface area contributed by atoms with Crippen molar-refractivity contribution >= 4 is 5.82 Å². The Morgan fingerprint density at radius 1 is 1.11 bits per heavy atom. The molecule has 6 rings (SSSR count). The SMILES string of the molecule is COc1ccc(CC2C[C@H](C#N)[C@H]3[C@H](CN3c3ccc(-c4c[nH]c(-c5cnn(C)c5)c4)cn3)N2)cn1. The van der Waals surface area contributed by atoms with Crippen molar-refractivity contribution in [3.8, 4) is 34.3 Å². The van der Waals surface area contributed by atoms with E-state index < -0.39 is 0 Å². The quantitative estimate of drug-likeness (QED) is 0.436. The summed E-state index contributed by atoms with van der Waals surface area (Å²) < 4.78 is 6.95. The maximum atomic E-state index is 9.96. The number of nitrogens with zero attached hydrogens (tertiary/aromatic N) is 6. The van der Waals surface area contributed by atoms with Gasteiger partial charge in [0.25, 0.3) is 0 Å². The van der Waals surface area contributed by atoms with Gasteiger partial charge in [-0.1, -0.05) is 6.07 Å². The monoisotopic (exact) mass is 480 g/mol. The van der Waals surface area contributed by atoms with Gasteiger partial charge in [0.15, 0.2) is 0 Å². The van der Waals surface area contributed by atoms with Gasteiger partial charge < -0.3 is 19.9 Å². The van der Waals surface area contributed by atoms with Crippen LogP contribution in [0, 0.1) is 17.2 Å². The molecule has 9 nitrogen and oxygen atoms in total. The second kappa shape index (κ2) is 9.13. The fraction of sp³-hybridized carbons (Fsp3) is 0.333. The lowest BCUT2D eigenvalue weighted by Gasteiger charge is -2.55. The number of nitrogens with one attached hydrogen (secondary N) is 2. The average molecular weight is 481 g/mol. The first-order valence-electron chi connectivity index (χ1n) is 12.2. The molecule has 4 atom stereocenters. The second-order valence-corrected chi connectivity index (χ2v) is 9.61. The molecule has 0 amide bonds. The third-order valence-electron chi connectivity index (χ3n) is 7.30. The Labute approximate surface area is 209 Å². The summed E-state index contributed by atoms with van der Waals surface area (Å²) in [5.74, 6) is 1.49. The van der Waals surface area contributed by atoms with E-state index >= 15 is 0 Å². The van der Waals surface area contributed by atoms with Crippen LogP contribution in [0.15, 0.2) is 61.3 Å². The Bertz CT molecular complexity index is 1380. The molecule has 4 aromatic rings. The Kier molecular flexibility index (Phi) is 5.66. The van der Waals surface area contributed by atoms with Crippen molar-refractivity contribution in [1.29, 1.82) is 5.26 Å². The molecule has 2 fully saturated rings. The summed E-state index contributed by atoms with van der Waals surface area (Å²) in [4.78, 5) is 14.7. The number of H-pyrrole nitrogens is 1. The van der Waals surface area contributed by atoms with Crippen LogP contribution in [0.2, 0.25) is 0 Å². The van der Waals surface area contributed by atoms with E-state index in [1.807, 2.05) is 50.2 Å². The largest absolute Gasteiger partial charge is 0.481 e. The summed E-state index contributed by atoms with van der Waals surface area (Å²) >= 11 is 0. The molecule has 2 N–H and O–H groups in total. The number of aromatic amines is 1. The molecule has 0 saturated carbocycles. The van der Waals surface area contributed by atoms with Gasteiger partial charge in [-0.25, -0.2) is 9.97 Å². The first-order valence-corrected chi connectivity index (χ1v) is 12.2. The van der Waals surface area contributed by atoms with E-state index in [2.05, 4.69) is 49.6 Å². The number of anilines is 1. The van der Waals surface area contributed by atoms with Crippen molar-refractivity contribution in [3.05, 3.63) is 66.9 Å². The Balaban J connectivity index is 1.12. The number of methoxy groups -OCH3 is 1. The maximum Gasteiger partial charge on any atom is 0.212 e. The number of rotatable bonds is 6. The summed E-state index contributed by atoms with van der Waals surface area (Å²) in [7, 11) is 3.53. The molecule has 36 heavy (non-hydrogen) atoms. The number of nitriles is 1. The van der Waals surface area contributed by atoms with E-state index in [1.165, 1.54) is 0 Å². The van der Waals surface area contributed by atoms with Crippen LogP contribution in [0.1, 0.15) is 12.0 Å². The van der Waals surface area contributed by atoms with Gasteiger partial charge in [0.1, 0.15) is 5.82 Å². The van der Waals surface area contributed by atoms with Gasteiger partial charge in [-0.3, -0.25) is 4.68 Å². The van der Waals surface area contributed by atoms with E-state index in [-0.39, 0.29) is 24.0 Å². The van der Waals surface area contributed by atoms with Crippen molar-refractivity contribution < 1.29 is 4.74 Å². The van der Waals surface area contributed by atoms with Crippen LogP contribution >= 0.6 is 0 Å². The summed E-state index contributed by atoms with van der Waals surface area (Å²) in [6.07, 6.45) is 11.3. The molecule has 6 heterocycles. The van der Waals surface area contributed by atoms with E-state index in [1.54, 1.807) is 11.8 Å². The lowest BCUT2D eigenvalue weighted by molar-refractivity contribution is 0.173. The molecule has 2 aliphatic rings. The number of piperidine rings is 1. The van der Waals surface area contributed by atoms with Gasteiger partial charge in [0, 0.05) is 78.9 Å². The number of pyridine rings is 2. The maximum absolute atomic E-state index is 9.96. The zero-order chi connectivity index (χ0) is 24.6. The molecule has 0 aliphatic carbocycles. The standard InChI is InChI=1S/C27H28N8O/c1-34-15-21(14-32-34)23-9-20(13-29-23)18-4-5-25(30-12-18)35-16-24-27(35)19(10-28)8-22(33-24)7-17-3-6-26(36-2)31-11-17/h3-6,9,11-15,19,22,24,27,29,33H,7-8,16H2,1-2H3/t19-,22?,24+,27+/m1/s1. The van der Waals surface area contributed by atoms with Crippen LogP contribution in [0.3, 0.4) is 0 Å². The van der Waals surface area contributed by atoms with Gasteiger partial charge in [0.2, 0.25) is 5.88 Å². The molecular weight excluding hydrogens is 452 g/mol. The van der Waals surface area contributed by atoms with Crippen molar-refractivity contribution in [2.45, 2.75) is 31.0 Å². The number of aryl methyl sites for hydroxylation is 1. The molecule has 0 bridgehead atoms. The van der Waals surface area contributed by atoms with Crippen LogP contribution in [0.4, 0.5) is 5.82 Å². The number of ether oxygens (including phenoxy) is 1. The molecule has 182 valence electrons. The van der Waals surface area contributed by atoms with Gasteiger partial charge in [-0.15, -0.1) is 0 Å². The van der Waals surface area contributed by atoms with Gasteiger partial charge in [-0.05, 0) is 36.6 Å². The average Bonchev–Trinajstić information content (AvgIpc) is 3.55. The zero-order valence-electron chi connectivity index (χ0n) is 20.3. The summed E-state index contributed by atoms with van der Waals surface area (Å²) in [6.45, 7) is 0.849. The predicted molar refractivity (Wildman–Crippen MR) is 136 cm³/mol. The molecule has 0 spiro atoms. The van der Waals surface area contributed by atoms with E-state index in [0.717, 1.165) is 53.2 Å². The van der Waals surface area contributed by atoms with Gasteiger partial charge in [-0.2, -0.15) is 10.4 Å². The fourth-order valence-corrected chi connectivity index (χ4v) is 5.46. The fourth-order valence-electron chi connectivity index (χ4n) is 5.46. The van der Waals surface area contributed by atoms with Crippen LogP contribution in [0.5, 0.6) is 5.88 Å². The predicted octanol–water partition coefficient (Wildman–Crippen LogP) is 3.18. The molecule has 4 aromatic heterocycles. The van der Waals surface area contributed by atoms with Crippen molar-refractivity contribution in [3.63, 3.8) is 0 Å². The summed E-state index contributed by atoms with van der Waals surface area (Å²) in [6, 6.07) is 13.5. The summed E-state index contributed by atoms with van der Waals surface area (Å²) in [5.41, 5.74) is 5.36. The lowest BCUT2D eigenvalue weighted by atomic mass is 9.76. The Hall–Kier alpha value is -4.16. The van der Waals surface area contributed by atoms with Crippen LogP contribution in [0.25, 0.3) is 22.4 Å². The molecule has 2 saturated heterocycles. The second-order valence-electron chi connectivity index (χ2n) is 9.61. The minimum absolute atomic E-state index is 0.0469. The number of hydrogen-bond donors (Lipinski definition) is 2. The first kappa shape index (κ1) is 22.3. The van der Waals surface area contributed by atoms with Gasteiger partial charge in [0.05, 0.1) is 31.3 Å². The number of hydrogen-bond acceptors (Lipinski definition) is 7. The highest BCUT2D eigenvalue weighted by molar-refractivity contribution is 5.71. The Morgan fingerprint density at radius 2 is 2.03 bits per heavy atom. The molecule has 9 heteroatoms. The van der Waals surface area contributed by atoms with Crippen molar-refractivity contribution in [2.75, 3.05) is 18.6 Å². The molecule has 1 unspecified atom stereocenters. The molecular formula is C27H28N8O. The molecule has 2 aliphatic heterocycles. The minimum Gasteiger partial charge on any atom is -0.481 e. The topological polar surface area (TPSA) is 108 Å². The molecule has 0 radical (unpaired) electrons. The zero-order valence-corrected chi connectivity index (χ0v) is 20.3. The van der Waals surface area contributed by atoms with Crippen LogP contribution in [-0.2, 0) is 13.5 Å². The summed E-state index contributed by atoms with van der Waals surface area (Å²) in [5, 5.41) is 18.0. The third kappa shape index (κ3) is 4.10. The highest BCUT2D eigenvalue weighted by Gasteiger charge is 2.49. The smallest absolute Gasteiger partial charge is 0.212 e. The van der Waals surface area contributed by atoms with E-state index in [9.17, 15) is 5.26 Å². The van der Waals surface area contributed by atoms with Crippen molar-refractivity contribution in [2.24, 2.45) is 13.0 Å². The van der Waals surface area contributed by atoms with E-state index in [0.29, 0.717) is 5.88 Å². The normalized spacial score (nSPS) is 23.0. The first-order chi connectivity index (χ1) is 17.6. The number of fused-ring (bicyclic) bond motifs is 1. The minimum atomic E-state index is -0.0469. The van der Waals surface area contributed by atoms with Crippen LogP contribution < -0.4 is 15.0 Å². The van der Waals surface area contributed by atoms with Gasteiger partial charge >= 0.3 is 0 Å². The number of aromatic nitrogens is 5. The lowest BCUT2D eigenvalue weighted by Crippen LogP contribution is -2.73. The van der Waals surface area contributed by atoms with Crippen molar-refractivity contribution in [1.82, 2.24) is 30.0 Å². The van der Waals surface area contributed by atoms with E-state index in [4.69, 9.17) is 9.72 Å². The highest BCUT2D eigenvalue weighted by atomic mass is 16.5. The third-order valence-corrected chi connectivity index (χ3v) is 7.30. The molecule has 0 aromatic carbocycles. The Morgan fingerprint density at radius 3 is 2.72 bits per heavy atom. The van der Waals surface area contributed by atoms with Crippen LogP contribution in [-0.4, -0.2) is 56.5 Å².